The Kier molecular flexibility index (Phi) is 6.03. The van der Waals surface area contributed by atoms with Crippen LogP contribution in [0.3, 0.4) is 0 Å². The second-order valence-electron chi connectivity index (χ2n) is 7.57. The van der Waals surface area contributed by atoms with E-state index in [2.05, 4.69) is 10.3 Å². The van der Waals surface area contributed by atoms with Crippen molar-refractivity contribution in [3.8, 4) is 11.1 Å². The Hall–Kier alpha value is -2.81. The van der Waals surface area contributed by atoms with Crippen molar-refractivity contribution in [3.63, 3.8) is 0 Å². The Morgan fingerprint density at radius 3 is 2.47 bits per heavy atom. The number of nitrogens with one attached hydrogen (secondary N) is 1. The molecule has 0 bridgehead atoms. The van der Waals surface area contributed by atoms with Crippen LogP contribution >= 0.6 is 11.3 Å². The molecule has 1 aliphatic rings. The highest BCUT2D eigenvalue weighted by Gasteiger charge is 2.39. The summed E-state index contributed by atoms with van der Waals surface area (Å²) in [7, 11) is 0. The minimum atomic E-state index is -4.47. The largest absolute Gasteiger partial charge is 0.426 e. The first-order chi connectivity index (χ1) is 15.2. The number of amides is 1. The number of carbonyl (C=O) groups excluding carboxylic acids is 1. The average molecular weight is 466 g/mol. The maximum atomic E-state index is 13.9. The van der Waals surface area contributed by atoms with E-state index in [-0.39, 0.29) is 11.3 Å². The van der Waals surface area contributed by atoms with E-state index < -0.39 is 34.2 Å². The van der Waals surface area contributed by atoms with Gasteiger partial charge in [-0.25, -0.2) is 8.78 Å². The van der Waals surface area contributed by atoms with Gasteiger partial charge in [-0.3, -0.25) is 9.78 Å². The van der Waals surface area contributed by atoms with E-state index in [0.29, 0.717) is 30.4 Å². The van der Waals surface area contributed by atoms with E-state index in [1.807, 2.05) is 0 Å². The fourth-order valence-electron chi connectivity index (χ4n) is 4.05. The van der Waals surface area contributed by atoms with Crippen LogP contribution in [0.25, 0.3) is 11.1 Å². The molecule has 0 saturated carbocycles. The Labute approximate surface area is 185 Å². The molecular formula is C23H19F5N2OS. The topological polar surface area (TPSA) is 42.0 Å². The zero-order chi connectivity index (χ0) is 23.0. The predicted octanol–water partition coefficient (Wildman–Crippen LogP) is 6.80. The quantitative estimate of drug-likeness (QED) is 0.430. The van der Waals surface area contributed by atoms with Crippen LogP contribution in [0.2, 0.25) is 0 Å². The van der Waals surface area contributed by atoms with Gasteiger partial charge in [-0.15, -0.1) is 11.3 Å². The maximum absolute atomic E-state index is 13.9. The summed E-state index contributed by atoms with van der Waals surface area (Å²) in [5, 5.41) is 2.47. The maximum Gasteiger partial charge on any atom is 0.426 e. The number of thiophene rings is 1. The van der Waals surface area contributed by atoms with Crippen LogP contribution in [0, 0.1) is 11.6 Å². The number of nitrogens with zero attached hydrogens (tertiary/aromatic N) is 1. The van der Waals surface area contributed by atoms with Gasteiger partial charge in [-0.1, -0.05) is 13.0 Å². The van der Waals surface area contributed by atoms with Gasteiger partial charge in [0, 0.05) is 16.1 Å². The standard InChI is InChI=1S/C23H19F5N2OS/c1-2-12-9-13(19-14-5-3-4-6-18(14)32-21(19)23(26,27)28)7-8-17(12)30-22(31)20-15(24)10-29-11-16(20)25/h7-11H,2-6H2,1H3,(H,30,31). The Bertz CT molecular complexity index is 1170. The van der Waals surface area contributed by atoms with Gasteiger partial charge in [0.15, 0.2) is 11.6 Å². The molecule has 0 fully saturated rings. The molecule has 9 heteroatoms. The first-order valence-electron chi connectivity index (χ1n) is 10.2. The van der Waals surface area contributed by atoms with E-state index in [0.717, 1.165) is 47.0 Å². The van der Waals surface area contributed by atoms with Crippen molar-refractivity contribution in [2.24, 2.45) is 0 Å². The Morgan fingerprint density at radius 2 is 1.81 bits per heavy atom. The molecule has 4 rings (SSSR count). The van der Waals surface area contributed by atoms with Gasteiger partial charge in [0.25, 0.3) is 5.91 Å². The normalized spacial score (nSPS) is 13.7. The van der Waals surface area contributed by atoms with E-state index >= 15 is 0 Å². The van der Waals surface area contributed by atoms with Crippen LogP contribution in [0.15, 0.2) is 30.6 Å². The summed E-state index contributed by atoms with van der Waals surface area (Å²) in [6, 6.07) is 4.61. The number of halogens is 5. The van der Waals surface area contributed by atoms with Gasteiger partial charge in [-0.05, 0) is 60.9 Å². The minimum Gasteiger partial charge on any atom is -0.322 e. The molecule has 1 aliphatic carbocycles. The number of pyridine rings is 1. The number of benzene rings is 1. The number of aromatic nitrogens is 1. The second-order valence-corrected chi connectivity index (χ2v) is 8.68. The predicted molar refractivity (Wildman–Crippen MR) is 113 cm³/mol. The van der Waals surface area contributed by atoms with Crippen molar-refractivity contribution in [1.82, 2.24) is 4.98 Å². The van der Waals surface area contributed by atoms with Crippen LogP contribution < -0.4 is 5.32 Å². The third kappa shape index (κ3) is 4.13. The third-order valence-electron chi connectivity index (χ3n) is 5.53. The van der Waals surface area contributed by atoms with Gasteiger partial charge in [0.05, 0.1) is 12.4 Å². The highest BCUT2D eigenvalue weighted by molar-refractivity contribution is 7.12. The molecule has 0 saturated heterocycles. The van der Waals surface area contributed by atoms with Crippen LogP contribution in [0.5, 0.6) is 0 Å². The van der Waals surface area contributed by atoms with Crippen molar-refractivity contribution >= 4 is 22.9 Å². The number of hydrogen-bond acceptors (Lipinski definition) is 3. The second kappa shape index (κ2) is 8.61. The molecule has 3 nitrogen and oxygen atoms in total. The molecule has 0 spiro atoms. The number of carbonyl (C=O) groups is 1. The summed E-state index contributed by atoms with van der Waals surface area (Å²) < 4.78 is 69.2. The van der Waals surface area contributed by atoms with Gasteiger partial charge in [0.2, 0.25) is 0 Å². The molecule has 0 atom stereocenters. The lowest BCUT2D eigenvalue weighted by Crippen LogP contribution is -2.17. The summed E-state index contributed by atoms with van der Waals surface area (Å²) in [5.74, 6) is -3.19. The van der Waals surface area contributed by atoms with Crippen molar-refractivity contribution in [1.29, 1.82) is 0 Å². The third-order valence-corrected chi connectivity index (χ3v) is 6.87. The molecular weight excluding hydrogens is 447 g/mol. The Balaban J connectivity index is 1.74. The molecule has 168 valence electrons. The molecule has 1 amide bonds. The summed E-state index contributed by atoms with van der Waals surface area (Å²) >= 11 is 0.809. The highest BCUT2D eigenvalue weighted by Crippen LogP contribution is 2.48. The van der Waals surface area contributed by atoms with E-state index in [1.54, 1.807) is 13.0 Å². The number of aryl methyl sites for hydroxylation is 2. The van der Waals surface area contributed by atoms with Crippen molar-refractivity contribution in [2.75, 3.05) is 5.32 Å². The van der Waals surface area contributed by atoms with Gasteiger partial charge in [-0.2, -0.15) is 13.2 Å². The first kappa shape index (κ1) is 22.4. The SMILES string of the molecule is CCc1cc(-c2c(C(F)(F)F)sc3c2CCCC3)ccc1NC(=O)c1c(F)cncc1F. The average Bonchev–Trinajstić information content (AvgIpc) is 3.14. The molecule has 3 aromatic rings. The molecule has 0 radical (unpaired) electrons. The van der Waals surface area contributed by atoms with Crippen LogP contribution in [-0.2, 0) is 25.4 Å². The first-order valence-corrected chi connectivity index (χ1v) is 11.0. The molecule has 1 N–H and O–H groups in total. The summed E-state index contributed by atoms with van der Waals surface area (Å²) in [5.41, 5.74) is 1.46. The van der Waals surface area contributed by atoms with Crippen LogP contribution in [-0.4, -0.2) is 10.9 Å². The van der Waals surface area contributed by atoms with Gasteiger partial charge < -0.3 is 5.32 Å². The zero-order valence-electron chi connectivity index (χ0n) is 17.1. The zero-order valence-corrected chi connectivity index (χ0v) is 17.9. The number of hydrogen-bond donors (Lipinski definition) is 1. The smallest absolute Gasteiger partial charge is 0.322 e. The van der Waals surface area contributed by atoms with Gasteiger partial charge >= 0.3 is 6.18 Å². The fourth-order valence-corrected chi connectivity index (χ4v) is 5.33. The Morgan fingerprint density at radius 1 is 1.12 bits per heavy atom. The number of rotatable bonds is 4. The van der Waals surface area contributed by atoms with E-state index in [9.17, 15) is 26.7 Å². The molecule has 1 aromatic carbocycles. The lowest BCUT2D eigenvalue weighted by molar-refractivity contribution is -0.133. The summed E-state index contributed by atoms with van der Waals surface area (Å²) in [4.78, 5) is 16.0. The number of anilines is 1. The van der Waals surface area contributed by atoms with Crippen molar-refractivity contribution < 1.29 is 26.7 Å². The molecule has 32 heavy (non-hydrogen) atoms. The lowest BCUT2D eigenvalue weighted by atomic mass is 9.90. The summed E-state index contributed by atoms with van der Waals surface area (Å²) in [6.07, 6.45) is 0.355. The minimum absolute atomic E-state index is 0.205. The van der Waals surface area contributed by atoms with E-state index in [1.165, 1.54) is 12.1 Å². The fraction of sp³-hybridized carbons (Fsp3) is 0.304. The number of fused-ring (bicyclic) bond motifs is 1. The molecule has 2 heterocycles. The molecule has 0 aliphatic heterocycles. The molecule has 0 unspecified atom stereocenters. The van der Waals surface area contributed by atoms with Gasteiger partial charge in [0.1, 0.15) is 10.4 Å². The number of alkyl halides is 3. The van der Waals surface area contributed by atoms with Crippen LogP contribution in [0.1, 0.15) is 51.0 Å². The lowest BCUT2D eigenvalue weighted by Gasteiger charge is -2.16. The van der Waals surface area contributed by atoms with E-state index in [4.69, 9.17) is 0 Å². The van der Waals surface area contributed by atoms with Crippen LogP contribution in [0.4, 0.5) is 27.6 Å². The van der Waals surface area contributed by atoms with Crippen molar-refractivity contribution in [3.05, 3.63) is 68.7 Å². The molecule has 2 aromatic heterocycles. The highest BCUT2D eigenvalue weighted by atomic mass is 32.1. The monoisotopic (exact) mass is 466 g/mol. The summed E-state index contributed by atoms with van der Waals surface area (Å²) in [6.45, 7) is 1.79. The van der Waals surface area contributed by atoms with Crippen molar-refractivity contribution in [2.45, 2.75) is 45.2 Å².